The highest BCUT2D eigenvalue weighted by Gasteiger charge is 2.20. The van der Waals surface area contributed by atoms with Crippen molar-refractivity contribution in [1.82, 2.24) is 15.2 Å². The molecule has 1 amide bonds. The third-order valence-electron chi connectivity index (χ3n) is 4.66. The maximum Gasteiger partial charge on any atom is 0.273 e. The van der Waals surface area contributed by atoms with Gasteiger partial charge in [-0.3, -0.25) is 4.79 Å². The summed E-state index contributed by atoms with van der Waals surface area (Å²) in [5.74, 6) is -0.188. The molecule has 0 saturated heterocycles. The lowest BCUT2D eigenvalue weighted by Crippen LogP contribution is -2.12. The van der Waals surface area contributed by atoms with E-state index >= 15 is 0 Å². The molecule has 0 fully saturated rings. The Morgan fingerprint density at radius 3 is 2.44 bits per heavy atom. The molecular formula is C22H20N4O. The minimum absolute atomic E-state index is 0.188. The number of carbonyl (C=O) groups excluding carboxylic acids is 1. The van der Waals surface area contributed by atoms with Crippen LogP contribution in [0.15, 0.2) is 71.5 Å². The molecule has 27 heavy (non-hydrogen) atoms. The zero-order valence-electron chi connectivity index (χ0n) is 15.3. The predicted octanol–water partition coefficient (Wildman–Crippen LogP) is 3.99. The van der Waals surface area contributed by atoms with E-state index < -0.39 is 0 Å². The van der Waals surface area contributed by atoms with E-state index in [1.165, 1.54) is 5.56 Å². The zero-order valence-corrected chi connectivity index (χ0v) is 15.3. The van der Waals surface area contributed by atoms with Crippen molar-refractivity contribution in [2.75, 3.05) is 0 Å². The van der Waals surface area contributed by atoms with Gasteiger partial charge in [0.2, 0.25) is 0 Å². The first-order valence-electron chi connectivity index (χ1n) is 8.97. The number of para-hydroxylation sites is 1. The quantitative estimate of drug-likeness (QED) is 0.719. The third-order valence-corrected chi connectivity index (χ3v) is 4.66. The van der Waals surface area contributed by atoms with Crippen LogP contribution in [0.2, 0.25) is 0 Å². The monoisotopic (exact) mass is 356 g/mol. The summed E-state index contributed by atoms with van der Waals surface area (Å²) >= 11 is 0. The van der Waals surface area contributed by atoms with Crippen LogP contribution in [-0.2, 0) is 11.2 Å². The Hall–Kier alpha value is -3.47. The molecule has 3 aromatic rings. The SMILES string of the molecule is CCc1ccc(-c2nn(-c3ccccc3)cc2/C=C2/C(=O)NN=C2C)cc1. The van der Waals surface area contributed by atoms with Gasteiger partial charge in [0.15, 0.2) is 0 Å². The lowest BCUT2D eigenvalue weighted by atomic mass is 10.0. The smallest absolute Gasteiger partial charge is 0.267 e. The van der Waals surface area contributed by atoms with Crippen LogP contribution in [0.25, 0.3) is 23.0 Å². The van der Waals surface area contributed by atoms with Gasteiger partial charge in [0.05, 0.1) is 22.7 Å². The van der Waals surface area contributed by atoms with E-state index in [0.29, 0.717) is 11.3 Å². The highest BCUT2D eigenvalue weighted by atomic mass is 16.2. The van der Waals surface area contributed by atoms with Crippen LogP contribution in [0.1, 0.15) is 25.0 Å². The van der Waals surface area contributed by atoms with Crippen LogP contribution in [-0.4, -0.2) is 21.4 Å². The van der Waals surface area contributed by atoms with Crippen molar-refractivity contribution < 1.29 is 4.79 Å². The molecule has 1 aliphatic heterocycles. The molecule has 5 nitrogen and oxygen atoms in total. The number of aryl methyl sites for hydroxylation is 1. The standard InChI is InChI=1S/C22H20N4O/c1-3-16-9-11-17(12-10-16)21-18(13-20-15(2)23-24-22(20)27)14-26(25-21)19-7-5-4-6-8-19/h4-14H,3H2,1-2H3,(H,24,27)/b20-13+. The Labute approximate surface area is 158 Å². The molecule has 0 saturated carbocycles. The Balaban J connectivity index is 1.85. The summed E-state index contributed by atoms with van der Waals surface area (Å²) in [4.78, 5) is 12.1. The van der Waals surface area contributed by atoms with Gasteiger partial charge < -0.3 is 0 Å². The van der Waals surface area contributed by atoms with Gasteiger partial charge in [0.1, 0.15) is 0 Å². The molecular weight excluding hydrogens is 336 g/mol. The van der Waals surface area contributed by atoms with Gasteiger partial charge in [-0.1, -0.05) is 49.4 Å². The second-order valence-electron chi connectivity index (χ2n) is 6.46. The minimum atomic E-state index is -0.188. The van der Waals surface area contributed by atoms with Crippen molar-refractivity contribution >= 4 is 17.7 Å². The molecule has 134 valence electrons. The number of hydrazone groups is 1. The molecule has 5 heteroatoms. The van der Waals surface area contributed by atoms with E-state index in [2.05, 4.69) is 41.7 Å². The molecule has 1 aliphatic rings. The highest BCUT2D eigenvalue weighted by Crippen LogP contribution is 2.27. The maximum atomic E-state index is 12.1. The van der Waals surface area contributed by atoms with Crippen LogP contribution in [0.3, 0.4) is 0 Å². The van der Waals surface area contributed by atoms with Crippen molar-refractivity contribution in [3.8, 4) is 16.9 Å². The molecule has 2 aromatic carbocycles. The van der Waals surface area contributed by atoms with Crippen molar-refractivity contribution in [3.05, 3.63) is 77.5 Å². The molecule has 0 radical (unpaired) electrons. The maximum absolute atomic E-state index is 12.1. The summed E-state index contributed by atoms with van der Waals surface area (Å²) in [5.41, 5.74) is 8.72. The number of rotatable bonds is 4. The average molecular weight is 356 g/mol. The number of carbonyl (C=O) groups is 1. The molecule has 1 aromatic heterocycles. The number of amides is 1. The first-order valence-corrected chi connectivity index (χ1v) is 8.97. The molecule has 1 N–H and O–H groups in total. The minimum Gasteiger partial charge on any atom is -0.267 e. The fourth-order valence-corrected chi connectivity index (χ4v) is 3.07. The number of nitrogens with one attached hydrogen (secondary N) is 1. The van der Waals surface area contributed by atoms with E-state index in [4.69, 9.17) is 5.10 Å². The van der Waals surface area contributed by atoms with Crippen LogP contribution in [0.4, 0.5) is 0 Å². The molecule has 0 bridgehead atoms. The summed E-state index contributed by atoms with van der Waals surface area (Å²) < 4.78 is 1.84. The normalized spacial score (nSPS) is 15.1. The van der Waals surface area contributed by atoms with Crippen molar-refractivity contribution in [2.24, 2.45) is 5.10 Å². The number of nitrogens with zero attached hydrogens (tertiary/aromatic N) is 3. The van der Waals surface area contributed by atoms with Gasteiger partial charge in [-0.15, -0.1) is 0 Å². The molecule has 4 rings (SSSR count). The Morgan fingerprint density at radius 1 is 1.07 bits per heavy atom. The second kappa shape index (κ2) is 7.03. The van der Waals surface area contributed by atoms with E-state index in [-0.39, 0.29) is 5.91 Å². The van der Waals surface area contributed by atoms with Gasteiger partial charge in [0.25, 0.3) is 5.91 Å². The summed E-state index contributed by atoms with van der Waals surface area (Å²) in [6, 6.07) is 18.3. The van der Waals surface area contributed by atoms with E-state index in [1.54, 1.807) is 0 Å². The molecule has 0 aliphatic carbocycles. The summed E-state index contributed by atoms with van der Waals surface area (Å²) in [6.07, 6.45) is 4.80. The third kappa shape index (κ3) is 3.31. The summed E-state index contributed by atoms with van der Waals surface area (Å²) in [7, 11) is 0. The van der Waals surface area contributed by atoms with Crippen LogP contribution in [0, 0.1) is 0 Å². The number of hydrogen-bond donors (Lipinski definition) is 1. The van der Waals surface area contributed by atoms with Crippen molar-refractivity contribution in [1.29, 1.82) is 0 Å². The Kier molecular flexibility index (Phi) is 4.42. The summed E-state index contributed by atoms with van der Waals surface area (Å²) in [6.45, 7) is 3.96. The lowest BCUT2D eigenvalue weighted by molar-refractivity contribution is -0.116. The van der Waals surface area contributed by atoms with Gasteiger partial charge in [-0.25, -0.2) is 10.1 Å². The topological polar surface area (TPSA) is 59.3 Å². The molecule has 0 spiro atoms. The number of benzene rings is 2. The molecule has 0 unspecified atom stereocenters. The van der Waals surface area contributed by atoms with E-state index in [9.17, 15) is 4.79 Å². The fourth-order valence-electron chi connectivity index (χ4n) is 3.07. The summed E-state index contributed by atoms with van der Waals surface area (Å²) in [5, 5.41) is 8.81. The first-order chi connectivity index (χ1) is 13.2. The molecule has 0 atom stereocenters. The van der Waals surface area contributed by atoms with Crippen molar-refractivity contribution in [2.45, 2.75) is 20.3 Å². The van der Waals surface area contributed by atoms with Gasteiger partial charge in [-0.2, -0.15) is 10.2 Å². The van der Waals surface area contributed by atoms with Gasteiger partial charge in [-0.05, 0) is 37.1 Å². The van der Waals surface area contributed by atoms with Gasteiger partial charge >= 0.3 is 0 Å². The lowest BCUT2D eigenvalue weighted by Gasteiger charge is -2.02. The van der Waals surface area contributed by atoms with Crippen LogP contribution >= 0.6 is 0 Å². The first kappa shape index (κ1) is 17.0. The average Bonchev–Trinajstić information content (AvgIpc) is 3.28. The largest absolute Gasteiger partial charge is 0.273 e. The molecule has 2 heterocycles. The Bertz CT molecular complexity index is 1040. The Morgan fingerprint density at radius 2 is 1.81 bits per heavy atom. The van der Waals surface area contributed by atoms with E-state index in [1.807, 2.05) is 54.2 Å². The van der Waals surface area contributed by atoms with E-state index in [0.717, 1.165) is 28.9 Å². The zero-order chi connectivity index (χ0) is 18.8. The fraction of sp³-hybridized carbons (Fsp3) is 0.136. The van der Waals surface area contributed by atoms with Gasteiger partial charge in [0, 0.05) is 17.3 Å². The van der Waals surface area contributed by atoms with Crippen LogP contribution in [0.5, 0.6) is 0 Å². The highest BCUT2D eigenvalue weighted by molar-refractivity contribution is 6.26. The van der Waals surface area contributed by atoms with Crippen molar-refractivity contribution in [3.63, 3.8) is 0 Å². The predicted molar refractivity (Wildman–Crippen MR) is 108 cm³/mol. The second-order valence-corrected chi connectivity index (χ2v) is 6.46. The number of aromatic nitrogens is 2. The van der Waals surface area contributed by atoms with Crippen LogP contribution < -0.4 is 5.43 Å². The number of hydrogen-bond acceptors (Lipinski definition) is 3.